The number of hydrogen-bond donors (Lipinski definition) is 1. The van der Waals surface area contributed by atoms with Crippen molar-refractivity contribution < 1.29 is 9.47 Å². The first-order chi connectivity index (χ1) is 8.64. The van der Waals surface area contributed by atoms with Gasteiger partial charge >= 0.3 is 0 Å². The molecular formula is C15H23NO2. The second-order valence-electron chi connectivity index (χ2n) is 5.10. The van der Waals surface area contributed by atoms with E-state index in [1.807, 2.05) is 18.2 Å². The van der Waals surface area contributed by atoms with Crippen LogP contribution in [-0.2, 0) is 0 Å². The molecule has 0 aliphatic carbocycles. The molecule has 1 heterocycles. The van der Waals surface area contributed by atoms with Gasteiger partial charge in [0.15, 0.2) is 0 Å². The summed E-state index contributed by atoms with van der Waals surface area (Å²) >= 11 is 0. The van der Waals surface area contributed by atoms with E-state index in [1.165, 1.54) is 0 Å². The highest BCUT2D eigenvalue weighted by atomic mass is 16.5. The van der Waals surface area contributed by atoms with Gasteiger partial charge in [0, 0.05) is 24.1 Å². The van der Waals surface area contributed by atoms with E-state index < -0.39 is 0 Å². The van der Waals surface area contributed by atoms with Gasteiger partial charge in [-0.25, -0.2) is 0 Å². The van der Waals surface area contributed by atoms with Crippen LogP contribution in [0.5, 0.6) is 11.5 Å². The topological polar surface area (TPSA) is 44.5 Å². The molecule has 2 N–H and O–H groups in total. The van der Waals surface area contributed by atoms with Gasteiger partial charge in [0.2, 0.25) is 0 Å². The Kier molecular flexibility index (Phi) is 3.81. The third-order valence-electron chi connectivity index (χ3n) is 3.89. The molecule has 0 radical (unpaired) electrons. The Bertz CT molecular complexity index is 419. The standard InChI is InChI=1S/C15H23NO2/c1-4-8-15(5-2)10-13(16)12-7-6-11(17-3)9-14(12)18-15/h6-7,9,13H,4-5,8,10,16H2,1-3H3/t13-,15?/m1/s1. The highest BCUT2D eigenvalue weighted by Crippen LogP contribution is 2.43. The molecular weight excluding hydrogens is 226 g/mol. The smallest absolute Gasteiger partial charge is 0.128 e. The first-order valence-corrected chi connectivity index (χ1v) is 6.76. The van der Waals surface area contributed by atoms with Crippen molar-refractivity contribution in [2.24, 2.45) is 5.73 Å². The average Bonchev–Trinajstić information content (AvgIpc) is 2.38. The summed E-state index contributed by atoms with van der Waals surface area (Å²) in [5.41, 5.74) is 7.29. The van der Waals surface area contributed by atoms with Crippen LogP contribution in [0.15, 0.2) is 18.2 Å². The van der Waals surface area contributed by atoms with Crippen molar-refractivity contribution in [2.45, 2.75) is 51.2 Å². The third-order valence-corrected chi connectivity index (χ3v) is 3.89. The molecule has 0 bridgehead atoms. The van der Waals surface area contributed by atoms with Crippen LogP contribution >= 0.6 is 0 Å². The van der Waals surface area contributed by atoms with Gasteiger partial charge in [0.25, 0.3) is 0 Å². The molecule has 1 aromatic carbocycles. The summed E-state index contributed by atoms with van der Waals surface area (Å²) in [6, 6.07) is 5.98. The number of methoxy groups -OCH3 is 1. The molecule has 0 fully saturated rings. The van der Waals surface area contributed by atoms with Crippen molar-refractivity contribution in [1.29, 1.82) is 0 Å². The maximum atomic E-state index is 6.30. The highest BCUT2D eigenvalue weighted by molar-refractivity contribution is 5.44. The van der Waals surface area contributed by atoms with Crippen molar-refractivity contribution >= 4 is 0 Å². The Hall–Kier alpha value is -1.22. The van der Waals surface area contributed by atoms with Crippen molar-refractivity contribution in [1.82, 2.24) is 0 Å². The molecule has 18 heavy (non-hydrogen) atoms. The molecule has 1 aromatic rings. The lowest BCUT2D eigenvalue weighted by molar-refractivity contribution is 0.0228. The Morgan fingerprint density at radius 1 is 1.44 bits per heavy atom. The van der Waals surface area contributed by atoms with Gasteiger partial charge in [-0.1, -0.05) is 26.3 Å². The van der Waals surface area contributed by atoms with E-state index in [4.69, 9.17) is 15.2 Å². The molecule has 0 amide bonds. The molecule has 100 valence electrons. The number of ether oxygens (including phenoxy) is 2. The van der Waals surface area contributed by atoms with E-state index in [0.717, 1.165) is 42.7 Å². The zero-order valence-electron chi connectivity index (χ0n) is 11.5. The van der Waals surface area contributed by atoms with Crippen LogP contribution in [0.4, 0.5) is 0 Å². The van der Waals surface area contributed by atoms with Gasteiger partial charge in [-0.15, -0.1) is 0 Å². The molecule has 1 aliphatic rings. The first kappa shape index (κ1) is 13.2. The van der Waals surface area contributed by atoms with Gasteiger partial charge < -0.3 is 15.2 Å². The number of rotatable bonds is 4. The summed E-state index contributed by atoms with van der Waals surface area (Å²) in [5, 5.41) is 0. The normalized spacial score (nSPS) is 26.3. The number of benzene rings is 1. The molecule has 3 heteroatoms. The molecule has 3 nitrogen and oxygen atoms in total. The fourth-order valence-corrected chi connectivity index (χ4v) is 2.82. The maximum absolute atomic E-state index is 6.30. The van der Waals surface area contributed by atoms with Gasteiger partial charge in [-0.3, -0.25) is 0 Å². The zero-order chi connectivity index (χ0) is 13.2. The number of fused-ring (bicyclic) bond motifs is 1. The summed E-state index contributed by atoms with van der Waals surface area (Å²) in [6.07, 6.45) is 4.05. The summed E-state index contributed by atoms with van der Waals surface area (Å²) in [7, 11) is 1.67. The van der Waals surface area contributed by atoms with E-state index in [0.29, 0.717) is 0 Å². The molecule has 0 saturated heterocycles. The van der Waals surface area contributed by atoms with Crippen LogP contribution in [0.25, 0.3) is 0 Å². The molecule has 1 unspecified atom stereocenters. The van der Waals surface area contributed by atoms with Crippen LogP contribution in [0.1, 0.15) is 51.1 Å². The minimum Gasteiger partial charge on any atom is -0.497 e. The first-order valence-electron chi connectivity index (χ1n) is 6.76. The molecule has 0 spiro atoms. The Balaban J connectivity index is 2.35. The number of hydrogen-bond acceptors (Lipinski definition) is 3. The van der Waals surface area contributed by atoms with E-state index in [-0.39, 0.29) is 11.6 Å². The van der Waals surface area contributed by atoms with Crippen molar-refractivity contribution in [3.63, 3.8) is 0 Å². The van der Waals surface area contributed by atoms with E-state index >= 15 is 0 Å². The lowest BCUT2D eigenvalue weighted by Gasteiger charge is -2.41. The van der Waals surface area contributed by atoms with Crippen LogP contribution in [0.3, 0.4) is 0 Å². The highest BCUT2D eigenvalue weighted by Gasteiger charge is 2.37. The van der Waals surface area contributed by atoms with Crippen LogP contribution in [-0.4, -0.2) is 12.7 Å². The maximum Gasteiger partial charge on any atom is 0.128 e. The fraction of sp³-hybridized carbons (Fsp3) is 0.600. The largest absolute Gasteiger partial charge is 0.497 e. The zero-order valence-corrected chi connectivity index (χ0v) is 11.5. The summed E-state index contributed by atoms with van der Waals surface area (Å²) in [6.45, 7) is 4.36. The summed E-state index contributed by atoms with van der Waals surface area (Å²) < 4.78 is 11.5. The Morgan fingerprint density at radius 2 is 2.22 bits per heavy atom. The minimum absolute atomic E-state index is 0.0613. The second kappa shape index (κ2) is 5.19. The lowest BCUT2D eigenvalue weighted by Crippen LogP contribution is -2.42. The average molecular weight is 249 g/mol. The summed E-state index contributed by atoms with van der Waals surface area (Å²) in [4.78, 5) is 0. The molecule has 2 rings (SSSR count). The fourth-order valence-electron chi connectivity index (χ4n) is 2.82. The van der Waals surface area contributed by atoms with Crippen LogP contribution in [0, 0.1) is 0 Å². The molecule has 0 saturated carbocycles. The Morgan fingerprint density at radius 3 is 2.83 bits per heavy atom. The van der Waals surface area contributed by atoms with Gasteiger partial charge in [-0.2, -0.15) is 0 Å². The number of nitrogens with two attached hydrogens (primary N) is 1. The van der Waals surface area contributed by atoms with Crippen molar-refractivity contribution in [2.75, 3.05) is 7.11 Å². The molecule has 2 atom stereocenters. The van der Waals surface area contributed by atoms with Crippen molar-refractivity contribution in [3.05, 3.63) is 23.8 Å². The summed E-state index contributed by atoms with van der Waals surface area (Å²) in [5.74, 6) is 1.72. The monoisotopic (exact) mass is 249 g/mol. The quantitative estimate of drug-likeness (QED) is 0.889. The van der Waals surface area contributed by atoms with E-state index in [2.05, 4.69) is 13.8 Å². The molecule has 1 aliphatic heterocycles. The molecule has 0 aromatic heterocycles. The second-order valence-corrected chi connectivity index (χ2v) is 5.10. The minimum atomic E-state index is -0.104. The predicted molar refractivity (Wildman–Crippen MR) is 73.1 cm³/mol. The SMILES string of the molecule is CCCC1(CC)C[C@@H](N)c2ccc(OC)cc2O1. The lowest BCUT2D eigenvalue weighted by atomic mass is 9.83. The van der Waals surface area contributed by atoms with Crippen LogP contribution in [0.2, 0.25) is 0 Å². The van der Waals surface area contributed by atoms with Crippen LogP contribution < -0.4 is 15.2 Å². The van der Waals surface area contributed by atoms with Gasteiger partial charge in [0.05, 0.1) is 7.11 Å². The van der Waals surface area contributed by atoms with E-state index in [9.17, 15) is 0 Å². The van der Waals surface area contributed by atoms with Crippen molar-refractivity contribution in [3.8, 4) is 11.5 Å². The Labute approximate surface area is 109 Å². The predicted octanol–water partition coefficient (Wildman–Crippen LogP) is 3.43. The van der Waals surface area contributed by atoms with Gasteiger partial charge in [0.1, 0.15) is 17.1 Å². The van der Waals surface area contributed by atoms with Gasteiger partial charge in [-0.05, 0) is 18.9 Å². The third kappa shape index (κ3) is 2.32. The van der Waals surface area contributed by atoms with E-state index in [1.54, 1.807) is 7.11 Å².